The number of aromatic nitrogens is 2. The van der Waals surface area contributed by atoms with Gasteiger partial charge in [-0.05, 0) is 35.2 Å². The Morgan fingerprint density at radius 2 is 1.61 bits per heavy atom. The summed E-state index contributed by atoms with van der Waals surface area (Å²) in [6.45, 7) is 2.20. The van der Waals surface area contributed by atoms with E-state index in [0.717, 1.165) is 30.4 Å². The molecule has 0 saturated carbocycles. The summed E-state index contributed by atoms with van der Waals surface area (Å²) in [5.74, 6) is 0.132. The molecule has 1 unspecified atom stereocenters. The Balaban J connectivity index is 1.88. The molecule has 3 aromatic rings. The Labute approximate surface area is 136 Å². The van der Waals surface area contributed by atoms with Crippen molar-refractivity contribution in [3.8, 4) is 11.1 Å². The van der Waals surface area contributed by atoms with Crippen LogP contribution in [0, 0.1) is 5.82 Å². The Bertz CT molecular complexity index is 715. The molecule has 3 heteroatoms. The molecule has 2 aromatic carbocycles. The molecule has 0 aliphatic rings. The van der Waals surface area contributed by atoms with E-state index in [9.17, 15) is 4.39 Å². The van der Waals surface area contributed by atoms with Gasteiger partial charge < -0.3 is 0 Å². The van der Waals surface area contributed by atoms with E-state index in [1.165, 1.54) is 11.1 Å². The third kappa shape index (κ3) is 3.67. The maximum Gasteiger partial charge on any atom is 0.123 e. The fraction of sp³-hybridized carbons (Fsp3) is 0.250. The second kappa shape index (κ2) is 7.23. The van der Waals surface area contributed by atoms with Gasteiger partial charge in [-0.2, -0.15) is 5.10 Å². The van der Waals surface area contributed by atoms with Gasteiger partial charge in [0.1, 0.15) is 5.82 Å². The smallest absolute Gasteiger partial charge is 0.123 e. The number of nitrogens with one attached hydrogen (secondary N) is 1. The van der Waals surface area contributed by atoms with Crippen LogP contribution in [-0.4, -0.2) is 10.2 Å². The van der Waals surface area contributed by atoms with Gasteiger partial charge in [0.25, 0.3) is 0 Å². The van der Waals surface area contributed by atoms with E-state index in [1.807, 2.05) is 24.5 Å². The number of nitrogens with zero attached hydrogens (tertiary/aromatic N) is 1. The number of hydrogen-bond donors (Lipinski definition) is 1. The highest BCUT2D eigenvalue weighted by Gasteiger charge is 2.14. The quantitative estimate of drug-likeness (QED) is 0.636. The molecule has 0 spiro atoms. The van der Waals surface area contributed by atoms with Crippen molar-refractivity contribution in [2.24, 2.45) is 0 Å². The predicted molar refractivity (Wildman–Crippen MR) is 91.8 cm³/mol. The van der Waals surface area contributed by atoms with Crippen molar-refractivity contribution in [3.05, 3.63) is 77.9 Å². The first-order valence-electron chi connectivity index (χ1n) is 8.12. The van der Waals surface area contributed by atoms with Crippen LogP contribution in [-0.2, 0) is 0 Å². The number of unbranched alkanes of at least 4 members (excludes halogenated alkanes) is 1. The van der Waals surface area contributed by atoms with Gasteiger partial charge in [-0.15, -0.1) is 0 Å². The highest BCUT2D eigenvalue weighted by Crippen LogP contribution is 2.31. The lowest BCUT2D eigenvalue weighted by atomic mass is 9.86. The minimum atomic E-state index is -0.182. The molecule has 3 rings (SSSR count). The van der Waals surface area contributed by atoms with Crippen LogP contribution in [0.5, 0.6) is 0 Å². The third-order valence-corrected chi connectivity index (χ3v) is 4.26. The SMILES string of the molecule is CCCCC(c1ccc(F)cc1)c1ccc(-c2cn[nH]c2)cc1. The maximum atomic E-state index is 13.2. The van der Waals surface area contributed by atoms with Crippen LogP contribution in [0.25, 0.3) is 11.1 Å². The van der Waals surface area contributed by atoms with Crippen LogP contribution >= 0.6 is 0 Å². The van der Waals surface area contributed by atoms with Gasteiger partial charge in [0.05, 0.1) is 6.20 Å². The first kappa shape index (κ1) is 15.5. The average molecular weight is 308 g/mol. The summed E-state index contributed by atoms with van der Waals surface area (Å²) >= 11 is 0. The summed E-state index contributed by atoms with van der Waals surface area (Å²) in [5.41, 5.74) is 4.69. The van der Waals surface area contributed by atoms with Crippen LogP contribution in [0.3, 0.4) is 0 Å². The Morgan fingerprint density at radius 3 is 2.17 bits per heavy atom. The number of rotatable bonds is 6. The Morgan fingerprint density at radius 1 is 0.957 bits per heavy atom. The van der Waals surface area contributed by atoms with Crippen LogP contribution in [0.4, 0.5) is 4.39 Å². The van der Waals surface area contributed by atoms with Gasteiger partial charge in [0.15, 0.2) is 0 Å². The van der Waals surface area contributed by atoms with Crippen molar-refractivity contribution in [1.82, 2.24) is 10.2 Å². The number of H-pyrrole nitrogens is 1. The van der Waals surface area contributed by atoms with Gasteiger partial charge in [0, 0.05) is 17.7 Å². The molecule has 1 atom stereocenters. The first-order valence-corrected chi connectivity index (χ1v) is 8.12. The van der Waals surface area contributed by atoms with Crippen molar-refractivity contribution < 1.29 is 4.39 Å². The normalized spacial score (nSPS) is 12.3. The fourth-order valence-corrected chi connectivity index (χ4v) is 2.95. The third-order valence-electron chi connectivity index (χ3n) is 4.26. The van der Waals surface area contributed by atoms with Gasteiger partial charge in [-0.3, -0.25) is 5.10 Å². The summed E-state index contributed by atoms with van der Waals surface area (Å²) in [6.07, 6.45) is 7.11. The van der Waals surface area contributed by atoms with Crippen molar-refractivity contribution in [2.75, 3.05) is 0 Å². The van der Waals surface area contributed by atoms with Crippen LogP contribution in [0.1, 0.15) is 43.2 Å². The van der Waals surface area contributed by atoms with Gasteiger partial charge in [-0.25, -0.2) is 4.39 Å². The summed E-state index contributed by atoms with van der Waals surface area (Å²) in [6, 6.07) is 15.5. The molecule has 1 N–H and O–H groups in total. The second-order valence-corrected chi connectivity index (χ2v) is 5.86. The number of benzene rings is 2. The molecule has 0 amide bonds. The standard InChI is InChI=1S/C20H21FN2/c1-2-3-4-20(17-9-11-19(21)12-10-17)16-7-5-15(6-8-16)18-13-22-23-14-18/h5-14,20H,2-4H2,1H3,(H,22,23). The molecule has 0 saturated heterocycles. The Hall–Kier alpha value is -2.42. The maximum absolute atomic E-state index is 13.2. The lowest BCUT2D eigenvalue weighted by molar-refractivity contribution is 0.621. The predicted octanol–water partition coefficient (Wildman–Crippen LogP) is 5.54. The molecule has 118 valence electrons. The zero-order valence-electron chi connectivity index (χ0n) is 13.3. The molecular weight excluding hydrogens is 287 g/mol. The van der Waals surface area contributed by atoms with E-state index in [0.29, 0.717) is 5.92 Å². The molecule has 0 fully saturated rings. The van der Waals surface area contributed by atoms with Crippen molar-refractivity contribution in [1.29, 1.82) is 0 Å². The molecular formula is C20H21FN2. The molecule has 0 bridgehead atoms. The van der Waals surface area contributed by atoms with Crippen molar-refractivity contribution in [2.45, 2.75) is 32.1 Å². The molecule has 2 nitrogen and oxygen atoms in total. The van der Waals surface area contributed by atoms with E-state index in [1.54, 1.807) is 12.1 Å². The van der Waals surface area contributed by atoms with E-state index < -0.39 is 0 Å². The summed E-state index contributed by atoms with van der Waals surface area (Å²) in [7, 11) is 0. The highest BCUT2D eigenvalue weighted by molar-refractivity contribution is 5.62. The van der Waals surface area contributed by atoms with E-state index >= 15 is 0 Å². The number of hydrogen-bond acceptors (Lipinski definition) is 1. The largest absolute Gasteiger partial charge is 0.285 e. The van der Waals surface area contributed by atoms with Crippen molar-refractivity contribution >= 4 is 0 Å². The topological polar surface area (TPSA) is 28.7 Å². The molecule has 0 radical (unpaired) electrons. The molecule has 23 heavy (non-hydrogen) atoms. The van der Waals surface area contributed by atoms with Crippen LogP contribution in [0.15, 0.2) is 60.9 Å². The van der Waals surface area contributed by atoms with Crippen molar-refractivity contribution in [3.63, 3.8) is 0 Å². The zero-order chi connectivity index (χ0) is 16.1. The molecule has 1 aromatic heterocycles. The van der Waals surface area contributed by atoms with Crippen LogP contribution in [0.2, 0.25) is 0 Å². The minimum absolute atomic E-state index is 0.182. The second-order valence-electron chi connectivity index (χ2n) is 5.86. The van der Waals surface area contributed by atoms with E-state index in [2.05, 4.69) is 41.4 Å². The monoisotopic (exact) mass is 308 g/mol. The van der Waals surface area contributed by atoms with Gasteiger partial charge in [-0.1, -0.05) is 56.2 Å². The highest BCUT2D eigenvalue weighted by atomic mass is 19.1. The van der Waals surface area contributed by atoms with E-state index in [-0.39, 0.29) is 5.82 Å². The van der Waals surface area contributed by atoms with Gasteiger partial charge >= 0.3 is 0 Å². The Kier molecular flexibility index (Phi) is 4.86. The minimum Gasteiger partial charge on any atom is -0.285 e. The van der Waals surface area contributed by atoms with E-state index in [4.69, 9.17) is 0 Å². The lowest BCUT2D eigenvalue weighted by Crippen LogP contribution is -2.01. The zero-order valence-corrected chi connectivity index (χ0v) is 13.3. The first-order chi connectivity index (χ1) is 11.3. The molecule has 0 aliphatic heterocycles. The average Bonchev–Trinajstić information content (AvgIpc) is 3.12. The molecule has 1 heterocycles. The molecule has 0 aliphatic carbocycles. The summed E-state index contributed by atoms with van der Waals surface area (Å²) in [5, 5.41) is 6.83. The summed E-state index contributed by atoms with van der Waals surface area (Å²) < 4.78 is 13.2. The van der Waals surface area contributed by atoms with Crippen LogP contribution < -0.4 is 0 Å². The number of halogens is 1. The number of aromatic amines is 1. The van der Waals surface area contributed by atoms with Gasteiger partial charge in [0.2, 0.25) is 0 Å². The lowest BCUT2D eigenvalue weighted by Gasteiger charge is -2.18. The fourth-order valence-electron chi connectivity index (χ4n) is 2.95. The summed E-state index contributed by atoms with van der Waals surface area (Å²) in [4.78, 5) is 0.